The summed E-state index contributed by atoms with van der Waals surface area (Å²) < 4.78 is 24.4. The quantitative estimate of drug-likeness (QED) is 0.782. The molecule has 7 heteroatoms. The molecule has 1 N–H and O–H groups in total. The first-order valence-electron chi connectivity index (χ1n) is 7.58. The average molecular weight is 394 g/mol. The fourth-order valence-corrected chi connectivity index (χ4v) is 3.78. The highest BCUT2D eigenvalue weighted by atomic mass is 79.9. The van der Waals surface area contributed by atoms with Crippen LogP contribution in [0.2, 0.25) is 0 Å². The van der Waals surface area contributed by atoms with Crippen LogP contribution < -0.4 is 5.32 Å². The molecule has 0 saturated heterocycles. The number of ether oxygens (including phenoxy) is 2. The van der Waals surface area contributed by atoms with E-state index in [0.717, 1.165) is 0 Å². The van der Waals surface area contributed by atoms with E-state index in [9.17, 15) is 14.0 Å². The van der Waals surface area contributed by atoms with Gasteiger partial charge < -0.3 is 14.8 Å². The summed E-state index contributed by atoms with van der Waals surface area (Å²) in [6, 6.07) is 4.46. The van der Waals surface area contributed by atoms with Gasteiger partial charge in [-0.25, -0.2) is 14.0 Å². The summed E-state index contributed by atoms with van der Waals surface area (Å²) in [5.41, 5.74) is 2.74. The predicted octanol–water partition coefficient (Wildman–Crippen LogP) is 2.68. The lowest BCUT2D eigenvalue weighted by Crippen LogP contribution is -2.29. The Balaban J connectivity index is 1.91. The number of nitrogens with one attached hydrogen (secondary N) is 1. The molecule has 0 spiro atoms. The number of carbonyl (C=O) groups is 2. The molecule has 5 nitrogen and oxygen atoms in total. The van der Waals surface area contributed by atoms with Gasteiger partial charge in [-0.3, -0.25) is 0 Å². The minimum absolute atomic E-state index is 0.133. The molecule has 124 valence electrons. The SMILES string of the molecule is CC[C@@H]1OC(=O)C2=C1NC1=C(C(=O)OC1)[C@H]2c1ccc(F)c(Br)c1. The Morgan fingerprint density at radius 3 is 2.79 bits per heavy atom. The molecule has 0 unspecified atom stereocenters. The van der Waals surface area contributed by atoms with E-state index in [2.05, 4.69) is 21.2 Å². The van der Waals surface area contributed by atoms with Crippen LogP contribution in [0.25, 0.3) is 0 Å². The number of esters is 2. The van der Waals surface area contributed by atoms with Crippen LogP contribution >= 0.6 is 15.9 Å². The lowest BCUT2D eigenvalue weighted by molar-refractivity contribution is -0.140. The van der Waals surface area contributed by atoms with Gasteiger partial charge in [0.2, 0.25) is 0 Å². The van der Waals surface area contributed by atoms with Crippen LogP contribution in [0.4, 0.5) is 4.39 Å². The summed E-state index contributed by atoms with van der Waals surface area (Å²) in [6.45, 7) is 2.05. The van der Waals surface area contributed by atoms with Crippen LogP contribution in [0.1, 0.15) is 24.8 Å². The van der Waals surface area contributed by atoms with Gasteiger partial charge in [0.15, 0.2) is 0 Å². The van der Waals surface area contributed by atoms with Crippen molar-refractivity contribution >= 4 is 27.9 Å². The van der Waals surface area contributed by atoms with Gasteiger partial charge in [-0.05, 0) is 40.0 Å². The Morgan fingerprint density at radius 1 is 1.29 bits per heavy atom. The Bertz CT molecular complexity index is 845. The third-order valence-electron chi connectivity index (χ3n) is 4.48. The molecular formula is C17H13BrFNO4. The maximum absolute atomic E-state index is 13.6. The van der Waals surface area contributed by atoms with E-state index in [0.29, 0.717) is 34.5 Å². The summed E-state index contributed by atoms with van der Waals surface area (Å²) in [4.78, 5) is 24.6. The van der Waals surface area contributed by atoms with Gasteiger partial charge in [0.1, 0.15) is 18.5 Å². The van der Waals surface area contributed by atoms with Gasteiger partial charge in [0.05, 0.1) is 32.9 Å². The van der Waals surface area contributed by atoms with Crippen molar-refractivity contribution < 1.29 is 23.5 Å². The van der Waals surface area contributed by atoms with E-state index in [1.807, 2.05) is 6.92 Å². The molecular weight excluding hydrogens is 381 g/mol. The van der Waals surface area contributed by atoms with Crippen molar-refractivity contribution in [1.82, 2.24) is 5.32 Å². The van der Waals surface area contributed by atoms with E-state index >= 15 is 0 Å². The first-order valence-corrected chi connectivity index (χ1v) is 8.37. The minimum atomic E-state index is -0.618. The van der Waals surface area contributed by atoms with Gasteiger partial charge >= 0.3 is 11.9 Å². The number of dihydropyridines is 1. The summed E-state index contributed by atoms with van der Waals surface area (Å²) in [6.07, 6.45) is 0.248. The molecule has 0 saturated carbocycles. The number of carbonyl (C=O) groups excluding carboxylic acids is 2. The van der Waals surface area contributed by atoms with Crippen LogP contribution in [0.3, 0.4) is 0 Å². The van der Waals surface area contributed by atoms with Crippen molar-refractivity contribution in [1.29, 1.82) is 0 Å². The van der Waals surface area contributed by atoms with Gasteiger partial charge in [-0.15, -0.1) is 0 Å². The van der Waals surface area contributed by atoms with Crippen LogP contribution in [0, 0.1) is 5.82 Å². The maximum Gasteiger partial charge on any atom is 0.337 e. The normalized spacial score (nSPS) is 25.3. The monoisotopic (exact) mass is 393 g/mol. The molecule has 0 aromatic heterocycles. The highest BCUT2D eigenvalue weighted by Crippen LogP contribution is 2.45. The van der Waals surface area contributed by atoms with Crippen LogP contribution in [-0.4, -0.2) is 24.6 Å². The van der Waals surface area contributed by atoms with Crippen LogP contribution in [0.15, 0.2) is 45.2 Å². The van der Waals surface area contributed by atoms with E-state index in [1.165, 1.54) is 6.07 Å². The number of rotatable bonds is 2. The van der Waals surface area contributed by atoms with E-state index < -0.39 is 23.7 Å². The summed E-state index contributed by atoms with van der Waals surface area (Å²) in [7, 11) is 0. The van der Waals surface area contributed by atoms with Crippen molar-refractivity contribution in [2.45, 2.75) is 25.4 Å². The molecule has 3 aliphatic rings. The third kappa shape index (κ3) is 2.11. The minimum Gasteiger partial charge on any atom is -0.456 e. The number of hydrogen-bond donors (Lipinski definition) is 1. The standard InChI is InChI=1S/C17H13BrFNO4/c1-2-11-15-14(17(22)24-11)12(7-3-4-9(19)8(18)5-7)13-10(20-15)6-23-16(13)21/h3-5,11-12,20H,2,6H2,1H3/t11-,12+/m0/s1. The molecule has 0 aliphatic carbocycles. The van der Waals surface area contributed by atoms with E-state index in [4.69, 9.17) is 9.47 Å². The van der Waals surface area contributed by atoms with Crippen molar-refractivity contribution in [3.8, 4) is 0 Å². The Labute approximate surface area is 145 Å². The second-order valence-corrected chi connectivity index (χ2v) is 6.68. The largest absolute Gasteiger partial charge is 0.456 e. The van der Waals surface area contributed by atoms with E-state index in [1.54, 1.807) is 12.1 Å². The second-order valence-electron chi connectivity index (χ2n) is 5.83. The molecule has 0 radical (unpaired) electrons. The topological polar surface area (TPSA) is 64.6 Å². The zero-order valence-corrected chi connectivity index (χ0v) is 14.3. The first kappa shape index (κ1) is 15.4. The number of benzene rings is 1. The molecule has 0 amide bonds. The second kappa shape index (κ2) is 5.44. The Kier molecular flexibility index (Phi) is 3.49. The van der Waals surface area contributed by atoms with Gasteiger partial charge in [0.25, 0.3) is 0 Å². The summed E-state index contributed by atoms with van der Waals surface area (Å²) in [5, 5.41) is 3.15. The molecule has 24 heavy (non-hydrogen) atoms. The molecule has 3 aliphatic heterocycles. The summed E-state index contributed by atoms with van der Waals surface area (Å²) >= 11 is 3.16. The van der Waals surface area contributed by atoms with Crippen molar-refractivity contribution in [2.75, 3.05) is 6.61 Å². The van der Waals surface area contributed by atoms with Crippen LogP contribution in [-0.2, 0) is 19.1 Å². The lowest BCUT2D eigenvalue weighted by atomic mass is 9.80. The number of cyclic esters (lactones) is 2. The molecule has 3 heterocycles. The smallest absolute Gasteiger partial charge is 0.337 e. The average Bonchev–Trinajstić information content (AvgIpc) is 3.09. The first-order chi connectivity index (χ1) is 11.5. The maximum atomic E-state index is 13.6. The molecule has 1 aromatic carbocycles. The zero-order chi connectivity index (χ0) is 17.0. The van der Waals surface area contributed by atoms with Crippen molar-refractivity contribution in [3.63, 3.8) is 0 Å². The molecule has 2 atom stereocenters. The molecule has 4 rings (SSSR count). The Morgan fingerprint density at radius 2 is 2.08 bits per heavy atom. The zero-order valence-electron chi connectivity index (χ0n) is 12.7. The van der Waals surface area contributed by atoms with Gasteiger partial charge in [-0.2, -0.15) is 0 Å². The number of halogens is 2. The predicted molar refractivity (Wildman–Crippen MR) is 85.2 cm³/mol. The van der Waals surface area contributed by atoms with Gasteiger partial charge in [0, 0.05) is 0 Å². The van der Waals surface area contributed by atoms with Crippen molar-refractivity contribution in [2.24, 2.45) is 0 Å². The highest BCUT2D eigenvalue weighted by Gasteiger charge is 2.47. The van der Waals surface area contributed by atoms with Crippen LogP contribution in [0.5, 0.6) is 0 Å². The molecule has 0 fully saturated rings. The van der Waals surface area contributed by atoms with Crippen molar-refractivity contribution in [3.05, 3.63) is 56.6 Å². The fraction of sp³-hybridized carbons (Fsp3) is 0.294. The van der Waals surface area contributed by atoms with E-state index in [-0.39, 0.29) is 17.2 Å². The third-order valence-corrected chi connectivity index (χ3v) is 5.09. The molecule has 1 aromatic rings. The summed E-state index contributed by atoms with van der Waals surface area (Å²) in [5.74, 6) is -1.96. The highest BCUT2D eigenvalue weighted by molar-refractivity contribution is 9.10. The Hall–Kier alpha value is -2.15. The van der Waals surface area contributed by atoms with Gasteiger partial charge in [-0.1, -0.05) is 13.0 Å². The number of hydrogen-bond acceptors (Lipinski definition) is 5. The lowest BCUT2D eigenvalue weighted by Gasteiger charge is -2.25. The molecule has 0 bridgehead atoms. The fourth-order valence-electron chi connectivity index (χ4n) is 3.39.